The third-order valence-electron chi connectivity index (χ3n) is 5.43. The van der Waals surface area contributed by atoms with Crippen LogP contribution in [0, 0.1) is 11.8 Å². The average molecular weight is 394 g/mol. The van der Waals surface area contributed by atoms with Crippen LogP contribution in [0.1, 0.15) is 45.1 Å². The Bertz CT molecular complexity index is 653. The second-order valence-electron chi connectivity index (χ2n) is 7.21. The lowest BCUT2D eigenvalue weighted by Gasteiger charge is -2.35. The molecule has 0 saturated heterocycles. The zero-order valence-corrected chi connectivity index (χ0v) is 17.4. The molecule has 1 aromatic rings. The van der Waals surface area contributed by atoms with Gasteiger partial charge in [-0.25, -0.2) is 0 Å². The fraction of sp³-hybridized carbons (Fsp3) is 0.600. The predicted octanol–water partition coefficient (Wildman–Crippen LogP) is 2.96. The molecule has 1 aliphatic carbocycles. The molecule has 27 heavy (non-hydrogen) atoms. The summed E-state index contributed by atoms with van der Waals surface area (Å²) in [6.45, 7) is 4.54. The molecule has 1 amide bonds. The first-order valence-corrected chi connectivity index (χ1v) is 9.91. The minimum atomic E-state index is -0.112. The van der Waals surface area contributed by atoms with Crippen molar-refractivity contribution in [2.75, 3.05) is 14.2 Å². The van der Waals surface area contributed by atoms with Gasteiger partial charge in [-0.3, -0.25) is 15.6 Å². The van der Waals surface area contributed by atoms with Gasteiger partial charge >= 0.3 is 0 Å². The summed E-state index contributed by atoms with van der Waals surface area (Å²) in [5.74, 6) is 2.48. The van der Waals surface area contributed by atoms with Crippen LogP contribution in [0.5, 0.6) is 11.5 Å². The Morgan fingerprint density at radius 2 is 1.89 bits per heavy atom. The van der Waals surface area contributed by atoms with Gasteiger partial charge in [0.25, 0.3) is 0 Å². The summed E-state index contributed by atoms with van der Waals surface area (Å²) in [7, 11) is 3.20. The van der Waals surface area contributed by atoms with E-state index in [0.29, 0.717) is 47.3 Å². The van der Waals surface area contributed by atoms with E-state index < -0.39 is 0 Å². The molecule has 0 radical (unpaired) electrons. The van der Waals surface area contributed by atoms with Crippen LogP contribution in [0.15, 0.2) is 18.2 Å². The molecule has 6 nitrogen and oxygen atoms in total. The maximum Gasteiger partial charge on any atom is 0.238 e. The molecule has 3 N–H and O–H groups in total. The highest BCUT2D eigenvalue weighted by molar-refractivity contribution is 7.80. The predicted molar refractivity (Wildman–Crippen MR) is 111 cm³/mol. The van der Waals surface area contributed by atoms with E-state index in [1.165, 1.54) is 12.8 Å². The van der Waals surface area contributed by atoms with E-state index in [1.54, 1.807) is 14.2 Å². The SMILES string of the molecule is COc1ccc(CCC(=O)NNC(=S)N[C@H]2CCC[C@@H](C)[C@H]2C)cc1OC. The van der Waals surface area contributed by atoms with Crippen molar-refractivity contribution in [1.29, 1.82) is 0 Å². The maximum atomic E-state index is 12.1. The number of carbonyl (C=O) groups excluding carboxylic acids is 1. The van der Waals surface area contributed by atoms with Crippen LogP contribution < -0.4 is 25.6 Å². The number of aryl methyl sites for hydroxylation is 1. The van der Waals surface area contributed by atoms with Crippen LogP contribution in [-0.4, -0.2) is 31.3 Å². The number of thiocarbonyl (C=S) groups is 1. The van der Waals surface area contributed by atoms with Crippen LogP contribution in [0.4, 0.5) is 0 Å². The van der Waals surface area contributed by atoms with Crippen molar-refractivity contribution >= 4 is 23.2 Å². The van der Waals surface area contributed by atoms with Crippen molar-refractivity contribution < 1.29 is 14.3 Å². The minimum absolute atomic E-state index is 0.112. The molecule has 0 aliphatic heterocycles. The number of nitrogens with one attached hydrogen (secondary N) is 3. The van der Waals surface area contributed by atoms with Crippen LogP contribution >= 0.6 is 12.2 Å². The molecule has 1 fully saturated rings. The van der Waals surface area contributed by atoms with Gasteiger partial charge in [0.05, 0.1) is 14.2 Å². The molecule has 0 spiro atoms. The summed E-state index contributed by atoms with van der Waals surface area (Å²) < 4.78 is 10.5. The summed E-state index contributed by atoms with van der Waals surface area (Å²) in [5.41, 5.74) is 6.50. The minimum Gasteiger partial charge on any atom is -0.493 e. The van der Waals surface area contributed by atoms with Gasteiger partial charge in [-0.05, 0) is 54.6 Å². The number of rotatable bonds is 6. The molecule has 0 aromatic heterocycles. The molecule has 2 rings (SSSR count). The summed E-state index contributed by atoms with van der Waals surface area (Å²) in [5, 5.41) is 3.80. The Kier molecular flexibility index (Phi) is 8.16. The van der Waals surface area contributed by atoms with Crippen LogP contribution in [0.3, 0.4) is 0 Å². The number of hydrogen-bond donors (Lipinski definition) is 3. The monoisotopic (exact) mass is 393 g/mol. The molecule has 7 heteroatoms. The number of benzene rings is 1. The van der Waals surface area contributed by atoms with Crippen molar-refractivity contribution in [3.05, 3.63) is 23.8 Å². The molecule has 0 unspecified atom stereocenters. The number of carbonyl (C=O) groups is 1. The second-order valence-corrected chi connectivity index (χ2v) is 7.62. The van der Waals surface area contributed by atoms with Gasteiger partial charge in [-0.15, -0.1) is 0 Å². The number of ether oxygens (including phenoxy) is 2. The van der Waals surface area contributed by atoms with Crippen LogP contribution in [-0.2, 0) is 11.2 Å². The third-order valence-corrected chi connectivity index (χ3v) is 5.65. The highest BCUT2D eigenvalue weighted by Crippen LogP contribution is 2.29. The smallest absolute Gasteiger partial charge is 0.238 e. The summed E-state index contributed by atoms with van der Waals surface area (Å²) in [6.07, 6.45) is 4.55. The largest absolute Gasteiger partial charge is 0.493 e. The molecule has 0 bridgehead atoms. The third kappa shape index (κ3) is 6.27. The Morgan fingerprint density at radius 3 is 2.59 bits per heavy atom. The lowest BCUT2D eigenvalue weighted by Crippen LogP contribution is -2.52. The quantitative estimate of drug-likeness (QED) is 0.510. The van der Waals surface area contributed by atoms with E-state index in [1.807, 2.05) is 18.2 Å². The lowest BCUT2D eigenvalue weighted by molar-refractivity contribution is -0.121. The molecular weight excluding hydrogens is 362 g/mol. The number of hydrogen-bond acceptors (Lipinski definition) is 4. The van der Waals surface area contributed by atoms with E-state index in [-0.39, 0.29) is 5.91 Å². The van der Waals surface area contributed by atoms with Gasteiger partial charge < -0.3 is 14.8 Å². The first-order chi connectivity index (χ1) is 12.9. The van der Waals surface area contributed by atoms with Crippen molar-refractivity contribution in [3.63, 3.8) is 0 Å². The van der Waals surface area contributed by atoms with Gasteiger partial charge in [0, 0.05) is 12.5 Å². The number of methoxy groups -OCH3 is 2. The fourth-order valence-corrected chi connectivity index (χ4v) is 3.68. The Balaban J connectivity index is 1.73. The molecule has 0 heterocycles. The van der Waals surface area contributed by atoms with Gasteiger partial charge in [-0.2, -0.15) is 0 Å². The Labute approximate surface area is 167 Å². The van der Waals surface area contributed by atoms with E-state index in [9.17, 15) is 4.79 Å². The van der Waals surface area contributed by atoms with Crippen molar-refractivity contribution in [2.24, 2.45) is 11.8 Å². The average Bonchev–Trinajstić information content (AvgIpc) is 2.68. The summed E-state index contributed by atoms with van der Waals surface area (Å²) >= 11 is 5.32. The van der Waals surface area contributed by atoms with Gasteiger partial charge in [0.15, 0.2) is 16.6 Å². The first-order valence-electron chi connectivity index (χ1n) is 9.50. The van der Waals surface area contributed by atoms with E-state index in [4.69, 9.17) is 21.7 Å². The topological polar surface area (TPSA) is 71.6 Å². The van der Waals surface area contributed by atoms with E-state index in [0.717, 1.165) is 12.0 Å². The standard InChI is InChI=1S/C20H31N3O3S/c1-13-6-5-7-16(14(13)2)21-20(27)23-22-19(24)11-9-15-8-10-17(25-3)18(12-15)26-4/h8,10,12-14,16H,5-7,9,11H2,1-4H3,(H,22,24)(H2,21,23,27)/t13-,14-,16+/m1/s1. The van der Waals surface area contributed by atoms with Crippen molar-refractivity contribution in [3.8, 4) is 11.5 Å². The molecular formula is C20H31N3O3S. The van der Waals surface area contributed by atoms with Gasteiger partial charge in [0.2, 0.25) is 5.91 Å². The molecule has 1 saturated carbocycles. The second kappa shape index (κ2) is 10.3. The van der Waals surface area contributed by atoms with Gasteiger partial charge in [0.1, 0.15) is 0 Å². The van der Waals surface area contributed by atoms with Gasteiger partial charge in [-0.1, -0.05) is 32.8 Å². The normalized spacial score (nSPS) is 21.9. The van der Waals surface area contributed by atoms with E-state index >= 15 is 0 Å². The zero-order valence-electron chi connectivity index (χ0n) is 16.6. The van der Waals surface area contributed by atoms with E-state index in [2.05, 4.69) is 30.0 Å². The summed E-state index contributed by atoms with van der Waals surface area (Å²) in [4.78, 5) is 12.1. The Hall–Kier alpha value is -2.02. The molecule has 1 aromatic carbocycles. The van der Waals surface area contributed by atoms with Crippen LogP contribution in [0.2, 0.25) is 0 Å². The molecule has 3 atom stereocenters. The molecule has 150 valence electrons. The Morgan fingerprint density at radius 1 is 1.15 bits per heavy atom. The highest BCUT2D eigenvalue weighted by Gasteiger charge is 2.27. The van der Waals surface area contributed by atoms with Crippen molar-refractivity contribution in [1.82, 2.24) is 16.2 Å². The fourth-order valence-electron chi connectivity index (χ4n) is 3.47. The molecule has 1 aliphatic rings. The zero-order chi connectivity index (χ0) is 19.8. The number of amides is 1. The lowest BCUT2D eigenvalue weighted by atomic mass is 9.78. The highest BCUT2D eigenvalue weighted by atomic mass is 32.1. The maximum absolute atomic E-state index is 12.1. The van der Waals surface area contributed by atoms with Crippen LogP contribution in [0.25, 0.3) is 0 Å². The number of hydrazine groups is 1. The van der Waals surface area contributed by atoms with Crippen molar-refractivity contribution in [2.45, 2.75) is 52.0 Å². The summed E-state index contributed by atoms with van der Waals surface area (Å²) in [6, 6.07) is 6.02. The first kappa shape index (κ1) is 21.3.